The second kappa shape index (κ2) is 55.0. The van der Waals surface area contributed by atoms with Crippen molar-refractivity contribution in [1.82, 2.24) is 5.32 Å². The van der Waals surface area contributed by atoms with Crippen LogP contribution in [0.15, 0.2) is 85.1 Å². The van der Waals surface area contributed by atoms with Gasteiger partial charge in [-0.15, -0.1) is 0 Å². The van der Waals surface area contributed by atoms with E-state index in [4.69, 9.17) is 4.74 Å². The first kappa shape index (κ1) is 65.0. The first-order valence-electron chi connectivity index (χ1n) is 28.8. The molecule has 392 valence electrons. The zero-order chi connectivity index (χ0) is 49.5. The van der Waals surface area contributed by atoms with Crippen LogP contribution in [0.2, 0.25) is 0 Å². The van der Waals surface area contributed by atoms with E-state index in [2.05, 4.69) is 111 Å². The lowest BCUT2D eigenvalue weighted by Gasteiger charge is -2.24. The number of rotatable bonds is 51. The Morgan fingerprint density at radius 2 is 0.824 bits per heavy atom. The number of hydrogen-bond donors (Lipinski definition) is 3. The van der Waals surface area contributed by atoms with E-state index in [0.717, 1.165) is 96.3 Å². The number of ether oxygens (including phenoxy) is 1. The highest BCUT2D eigenvalue weighted by molar-refractivity contribution is 5.77. The monoisotopic (exact) mass is 948 g/mol. The standard InChI is InChI=1S/C62H109NO5/c1-4-7-10-13-16-19-22-25-28-30-32-34-37-40-43-46-49-52-55-62(67)68-58(53-50-47-44-41-38-35-33-31-29-26-23-20-17-14-11-8-5-2)56-61(66)63-59(57-64)60(65)54-51-48-45-42-39-36-27-24-21-18-15-12-9-6-3/h17,20,22,25-26,28-30,32-35,41,44,58-60,64-65H,4-16,18-19,21,23-24,27,31,36-40,42-43,45-57H2,1-3H3,(H,63,66)/b20-17-,25-22+,29-26-,30-28+,34-32+,35-33-,44-41-. The Kier molecular flexibility index (Phi) is 52.6. The molecule has 0 heterocycles. The Hall–Kier alpha value is -2.96. The molecular weight excluding hydrogens is 839 g/mol. The number of amides is 1. The average molecular weight is 949 g/mol. The van der Waals surface area contributed by atoms with Gasteiger partial charge in [-0.25, -0.2) is 0 Å². The minimum Gasteiger partial charge on any atom is -0.462 e. The van der Waals surface area contributed by atoms with E-state index in [-0.39, 0.29) is 24.9 Å². The van der Waals surface area contributed by atoms with Crippen LogP contribution in [0.3, 0.4) is 0 Å². The van der Waals surface area contributed by atoms with Crippen molar-refractivity contribution in [3.63, 3.8) is 0 Å². The Labute approximate surface area is 421 Å². The van der Waals surface area contributed by atoms with E-state index in [1.165, 1.54) is 128 Å². The number of nitrogens with one attached hydrogen (secondary N) is 1. The molecule has 0 bridgehead atoms. The van der Waals surface area contributed by atoms with E-state index in [1.807, 2.05) is 0 Å². The van der Waals surface area contributed by atoms with Crippen LogP contribution in [0.25, 0.3) is 0 Å². The molecule has 0 aromatic carbocycles. The second-order valence-corrected chi connectivity index (χ2v) is 19.4. The third kappa shape index (κ3) is 49.5. The summed E-state index contributed by atoms with van der Waals surface area (Å²) in [6, 6.07) is -0.728. The van der Waals surface area contributed by atoms with Crippen LogP contribution < -0.4 is 5.32 Å². The lowest BCUT2D eigenvalue weighted by Crippen LogP contribution is -2.46. The number of hydrogen-bond acceptors (Lipinski definition) is 5. The number of carbonyl (C=O) groups is 2. The average Bonchev–Trinajstić information content (AvgIpc) is 3.33. The zero-order valence-corrected chi connectivity index (χ0v) is 44.7. The summed E-state index contributed by atoms with van der Waals surface area (Å²) in [7, 11) is 0. The smallest absolute Gasteiger partial charge is 0.306 e. The summed E-state index contributed by atoms with van der Waals surface area (Å²) in [5, 5.41) is 23.9. The molecule has 0 aliphatic rings. The van der Waals surface area contributed by atoms with Gasteiger partial charge in [-0.05, 0) is 89.9 Å². The van der Waals surface area contributed by atoms with Crippen LogP contribution in [-0.4, -0.2) is 46.9 Å². The van der Waals surface area contributed by atoms with Gasteiger partial charge in [0.15, 0.2) is 0 Å². The van der Waals surface area contributed by atoms with Crippen molar-refractivity contribution in [3.8, 4) is 0 Å². The highest BCUT2D eigenvalue weighted by Gasteiger charge is 2.24. The van der Waals surface area contributed by atoms with Gasteiger partial charge in [0.1, 0.15) is 6.10 Å². The van der Waals surface area contributed by atoms with Gasteiger partial charge in [0.2, 0.25) is 5.91 Å². The maximum Gasteiger partial charge on any atom is 0.306 e. The molecule has 0 aromatic rings. The quantitative estimate of drug-likeness (QED) is 0.0244. The van der Waals surface area contributed by atoms with Crippen molar-refractivity contribution in [2.45, 2.75) is 289 Å². The molecule has 0 rings (SSSR count). The Morgan fingerprint density at radius 1 is 0.441 bits per heavy atom. The fraction of sp³-hybridized carbons (Fsp3) is 0.742. The summed E-state index contributed by atoms with van der Waals surface area (Å²) in [6.45, 7) is 6.43. The lowest BCUT2D eigenvalue weighted by molar-refractivity contribution is -0.151. The molecular formula is C62H109NO5. The van der Waals surface area contributed by atoms with Crippen molar-refractivity contribution in [2.75, 3.05) is 6.61 Å². The summed E-state index contributed by atoms with van der Waals surface area (Å²) < 4.78 is 5.92. The predicted octanol–water partition coefficient (Wildman–Crippen LogP) is 17.9. The first-order valence-corrected chi connectivity index (χ1v) is 28.8. The molecule has 3 atom stereocenters. The number of carbonyl (C=O) groups excluding carboxylic acids is 2. The van der Waals surface area contributed by atoms with E-state index < -0.39 is 18.2 Å². The summed E-state index contributed by atoms with van der Waals surface area (Å²) in [6.07, 6.45) is 72.1. The minimum atomic E-state index is -0.811. The fourth-order valence-corrected chi connectivity index (χ4v) is 8.36. The number of aliphatic hydroxyl groups excluding tert-OH is 2. The molecule has 0 aliphatic carbocycles. The summed E-state index contributed by atoms with van der Waals surface area (Å²) in [5.41, 5.74) is 0. The lowest BCUT2D eigenvalue weighted by atomic mass is 10.0. The number of esters is 1. The normalized spacial score (nSPS) is 13.8. The molecule has 0 saturated heterocycles. The van der Waals surface area contributed by atoms with Gasteiger partial charge >= 0.3 is 5.97 Å². The van der Waals surface area contributed by atoms with Gasteiger partial charge in [-0.1, -0.05) is 254 Å². The van der Waals surface area contributed by atoms with E-state index >= 15 is 0 Å². The predicted molar refractivity (Wildman–Crippen MR) is 296 cm³/mol. The Balaban J connectivity index is 4.72. The first-order chi connectivity index (χ1) is 33.5. The third-order valence-corrected chi connectivity index (χ3v) is 12.8. The van der Waals surface area contributed by atoms with Crippen molar-refractivity contribution in [2.24, 2.45) is 0 Å². The van der Waals surface area contributed by atoms with Crippen molar-refractivity contribution >= 4 is 11.9 Å². The molecule has 68 heavy (non-hydrogen) atoms. The maximum atomic E-state index is 13.3. The van der Waals surface area contributed by atoms with E-state index in [0.29, 0.717) is 19.3 Å². The van der Waals surface area contributed by atoms with Gasteiger partial charge in [-0.3, -0.25) is 9.59 Å². The molecule has 0 saturated carbocycles. The van der Waals surface area contributed by atoms with Crippen molar-refractivity contribution in [1.29, 1.82) is 0 Å². The zero-order valence-electron chi connectivity index (χ0n) is 44.7. The molecule has 0 aromatic heterocycles. The minimum absolute atomic E-state index is 0.0283. The van der Waals surface area contributed by atoms with Crippen molar-refractivity contribution < 1.29 is 24.5 Å². The second-order valence-electron chi connectivity index (χ2n) is 19.4. The molecule has 6 heteroatoms. The van der Waals surface area contributed by atoms with Gasteiger partial charge in [0.25, 0.3) is 0 Å². The molecule has 0 fully saturated rings. The number of unbranched alkanes of at least 4 members (excludes halogenated alkanes) is 27. The van der Waals surface area contributed by atoms with Crippen molar-refractivity contribution in [3.05, 3.63) is 85.1 Å². The summed E-state index contributed by atoms with van der Waals surface area (Å²) in [4.78, 5) is 26.3. The molecule has 6 nitrogen and oxygen atoms in total. The van der Waals surface area contributed by atoms with E-state index in [9.17, 15) is 19.8 Å². The van der Waals surface area contributed by atoms with Crippen LogP contribution in [0.4, 0.5) is 0 Å². The highest BCUT2D eigenvalue weighted by Crippen LogP contribution is 2.17. The molecule has 0 spiro atoms. The maximum absolute atomic E-state index is 13.3. The Morgan fingerprint density at radius 3 is 1.31 bits per heavy atom. The molecule has 1 amide bonds. The molecule has 0 aliphatic heterocycles. The van der Waals surface area contributed by atoms with Crippen LogP contribution in [0.1, 0.15) is 271 Å². The number of aliphatic hydroxyl groups is 2. The molecule has 3 N–H and O–H groups in total. The fourth-order valence-electron chi connectivity index (χ4n) is 8.36. The summed E-state index contributed by atoms with van der Waals surface area (Å²) in [5.74, 6) is -0.550. The molecule has 3 unspecified atom stereocenters. The van der Waals surface area contributed by atoms with Gasteiger partial charge < -0.3 is 20.3 Å². The van der Waals surface area contributed by atoms with Gasteiger partial charge in [0.05, 0.1) is 25.2 Å². The van der Waals surface area contributed by atoms with Gasteiger partial charge in [0, 0.05) is 6.42 Å². The topological polar surface area (TPSA) is 95.9 Å². The van der Waals surface area contributed by atoms with Crippen LogP contribution in [-0.2, 0) is 14.3 Å². The molecule has 0 radical (unpaired) electrons. The van der Waals surface area contributed by atoms with Gasteiger partial charge in [-0.2, -0.15) is 0 Å². The summed E-state index contributed by atoms with van der Waals surface area (Å²) >= 11 is 0. The highest BCUT2D eigenvalue weighted by atomic mass is 16.5. The number of allylic oxidation sites excluding steroid dienone is 14. The van der Waals surface area contributed by atoms with Crippen LogP contribution >= 0.6 is 0 Å². The SMILES string of the molecule is CCCCC/C=C\C/C=C\C/C=C\C/C=C\CCCC(CC(=O)NC(CO)C(O)CCCCCCCCCCCCCCCC)OC(=O)CCCCCCC/C=C/C=C/C=C/CCCCCCC. The van der Waals surface area contributed by atoms with Crippen LogP contribution in [0, 0.1) is 0 Å². The van der Waals surface area contributed by atoms with E-state index in [1.54, 1.807) is 0 Å². The van der Waals surface area contributed by atoms with Crippen LogP contribution in [0.5, 0.6) is 0 Å². The third-order valence-electron chi connectivity index (χ3n) is 12.8. The largest absolute Gasteiger partial charge is 0.462 e. The Bertz CT molecular complexity index is 1290.